The first-order chi connectivity index (χ1) is 8.00. The maximum absolute atomic E-state index is 11.7. The molecule has 0 aromatic heterocycles. The minimum atomic E-state index is -3.49. The zero-order valence-electron chi connectivity index (χ0n) is 10.00. The fraction of sp³-hybridized carbons (Fsp3) is 0.417. The second kappa shape index (κ2) is 4.49. The molecule has 0 radical (unpaired) electrons. The van der Waals surface area contributed by atoms with Gasteiger partial charge in [-0.2, -0.15) is 8.42 Å². The van der Waals surface area contributed by atoms with Crippen LogP contribution in [0.25, 0.3) is 0 Å². The number of sulfonamides is 1. The second-order valence-corrected chi connectivity index (χ2v) is 6.14. The third-order valence-electron chi connectivity index (χ3n) is 2.73. The number of rotatable bonds is 3. The van der Waals surface area contributed by atoms with E-state index in [0.29, 0.717) is 10.8 Å². The average Bonchev–Trinajstić information content (AvgIpc) is 2.28. The van der Waals surface area contributed by atoms with E-state index in [4.69, 9.17) is 0 Å². The van der Waals surface area contributed by atoms with Crippen LogP contribution in [0, 0.1) is 5.92 Å². The molecule has 1 heterocycles. The Kier molecular flexibility index (Phi) is 3.19. The summed E-state index contributed by atoms with van der Waals surface area (Å²) in [4.78, 5) is 2.20. The van der Waals surface area contributed by atoms with Crippen LogP contribution in [0.5, 0.6) is 0 Å². The van der Waals surface area contributed by atoms with Gasteiger partial charge in [0.1, 0.15) is 11.2 Å². The molecule has 0 amide bonds. The maximum Gasteiger partial charge on any atom is 0.285 e. The van der Waals surface area contributed by atoms with Gasteiger partial charge in [0.25, 0.3) is 10.0 Å². The van der Waals surface area contributed by atoms with Crippen LogP contribution in [0.15, 0.2) is 33.6 Å². The zero-order chi connectivity index (χ0) is 12.5. The van der Waals surface area contributed by atoms with Gasteiger partial charge in [-0.15, -0.1) is 4.40 Å². The lowest BCUT2D eigenvalue weighted by molar-refractivity contribution is 0.587. The molecule has 1 aromatic rings. The summed E-state index contributed by atoms with van der Waals surface area (Å²) in [6.45, 7) is 5.07. The number of benzene rings is 1. The lowest BCUT2D eigenvalue weighted by Gasteiger charge is -2.25. The fourth-order valence-corrected chi connectivity index (χ4v) is 2.78. The van der Waals surface area contributed by atoms with Gasteiger partial charge in [0, 0.05) is 6.54 Å². The number of para-hydroxylation sites is 1. The summed E-state index contributed by atoms with van der Waals surface area (Å²) in [7, 11) is -3.49. The molecule has 5 heteroatoms. The normalized spacial score (nSPS) is 17.2. The van der Waals surface area contributed by atoms with Crippen LogP contribution in [-0.4, -0.2) is 21.3 Å². The second-order valence-electron chi connectivity index (χ2n) is 4.54. The van der Waals surface area contributed by atoms with Crippen molar-refractivity contribution < 1.29 is 8.42 Å². The molecular formula is C12H16N2O2S. The molecule has 0 aliphatic carbocycles. The summed E-state index contributed by atoms with van der Waals surface area (Å²) in [6, 6.07) is 6.98. The summed E-state index contributed by atoms with van der Waals surface area (Å²) in [6.07, 6.45) is 2.42. The van der Waals surface area contributed by atoms with Gasteiger partial charge in [-0.3, -0.25) is 0 Å². The topological polar surface area (TPSA) is 49.7 Å². The van der Waals surface area contributed by atoms with Crippen molar-refractivity contribution in [2.75, 3.05) is 11.4 Å². The van der Waals surface area contributed by atoms with Crippen LogP contribution in [0.2, 0.25) is 0 Å². The number of hydrogen-bond acceptors (Lipinski definition) is 3. The Labute approximate surface area is 102 Å². The molecule has 0 saturated heterocycles. The summed E-state index contributed by atoms with van der Waals surface area (Å²) < 4.78 is 27.1. The minimum absolute atomic E-state index is 0.297. The molecule has 1 aromatic carbocycles. The van der Waals surface area contributed by atoms with Crippen LogP contribution in [-0.2, 0) is 10.0 Å². The van der Waals surface area contributed by atoms with Gasteiger partial charge in [-0.05, 0) is 24.5 Å². The SMILES string of the molecule is CC(C)CCN1C=NS(=O)(=O)c2ccccc21. The van der Waals surface area contributed by atoms with Crippen molar-refractivity contribution in [1.29, 1.82) is 0 Å². The standard InChI is InChI=1S/C12H16N2O2S/c1-10(2)7-8-14-9-13-17(15,16)12-6-4-3-5-11(12)14/h3-6,9-10H,7-8H2,1-2H3. The molecule has 1 aliphatic heterocycles. The lowest BCUT2D eigenvalue weighted by Crippen LogP contribution is -2.28. The van der Waals surface area contributed by atoms with Gasteiger partial charge in [-0.25, -0.2) is 0 Å². The highest BCUT2D eigenvalue weighted by Gasteiger charge is 2.24. The Morgan fingerprint density at radius 3 is 2.71 bits per heavy atom. The summed E-state index contributed by atoms with van der Waals surface area (Å²) >= 11 is 0. The molecule has 17 heavy (non-hydrogen) atoms. The molecule has 0 atom stereocenters. The molecule has 2 rings (SSSR count). The molecular weight excluding hydrogens is 236 g/mol. The van der Waals surface area contributed by atoms with E-state index in [2.05, 4.69) is 18.2 Å². The Bertz CT molecular complexity index is 535. The highest BCUT2D eigenvalue weighted by atomic mass is 32.2. The van der Waals surface area contributed by atoms with Crippen molar-refractivity contribution in [2.24, 2.45) is 10.3 Å². The molecule has 4 nitrogen and oxygen atoms in total. The van der Waals surface area contributed by atoms with E-state index in [1.165, 1.54) is 6.34 Å². The highest BCUT2D eigenvalue weighted by Crippen LogP contribution is 2.29. The van der Waals surface area contributed by atoms with Crippen molar-refractivity contribution in [3.05, 3.63) is 24.3 Å². The van der Waals surface area contributed by atoms with Gasteiger partial charge in [0.2, 0.25) is 0 Å². The van der Waals surface area contributed by atoms with Crippen molar-refractivity contribution in [3.63, 3.8) is 0 Å². The molecule has 0 unspecified atom stereocenters. The van der Waals surface area contributed by atoms with Gasteiger partial charge >= 0.3 is 0 Å². The Balaban J connectivity index is 2.34. The largest absolute Gasteiger partial charge is 0.331 e. The molecule has 0 saturated carbocycles. The number of anilines is 1. The third kappa shape index (κ3) is 2.49. The number of nitrogens with zero attached hydrogens (tertiary/aromatic N) is 2. The van der Waals surface area contributed by atoms with E-state index in [9.17, 15) is 8.42 Å². The van der Waals surface area contributed by atoms with Crippen molar-refractivity contribution >= 4 is 22.0 Å². The van der Waals surface area contributed by atoms with Crippen molar-refractivity contribution in [3.8, 4) is 0 Å². The highest BCUT2D eigenvalue weighted by molar-refractivity contribution is 7.90. The van der Waals surface area contributed by atoms with Gasteiger partial charge in [0.15, 0.2) is 0 Å². The van der Waals surface area contributed by atoms with E-state index in [1.807, 2.05) is 17.0 Å². The first-order valence-electron chi connectivity index (χ1n) is 5.67. The first-order valence-corrected chi connectivity index (χ1v) is 7.11. The van der Waals surface area contributed by atoms with Crippen LogP contribution < -0.4 is 4.90 Å². The zero-order valence-corrected chi connectivity index (χ0v) is 10.8. The monoisotopic (exact) mass is 252 g/mol. The third-order valence-corrected chi connectivity index (χ3v) is 4.00. The Hall–Kier alpha value is -1.36. The van der Waals surface area contributed by atoms with Crippen LogP contribution in [0.3, 0.4) is 0 Å². The summed E-state index contributed by atoms with van der Waals surface area (Å²) in [5.41, 5.74) is 0.725. The molecule has 0 N–H and O–H groups in total. The molecule has 0 bridgehead atoms. The van der Waals surface area contributed by atoms with Gasteiger partial charge in [0.05, 0.1) is 5.69 Å². The average molecular weight is 252 g/mol. The van der Waals surface area contributed by atoms with Crippen LogP contribution >= 0.6 is 0 Å². The van der Waals surface area contributed by atoms with E-state index >= 15 is 0 Å². The molecule has 0 spiro atoms. The maximum atomic E-state index is 11.7. The first kappa shape index (κ1) is 12.1. The van der Waals surface area contributed by atoms with Crippen LogP contribution in [0.1, 0.15) is 20.3 Å². The summed E-state index contributed by atoms with van der Waals surface area (Å²) in [5.74, 6) is 0.578. The lowest BCUT2D eigenvalue weighted by atomic mass is 10.1. The predicted octanol–water partition coefficient (Wildman–Crippen LogP) is 2.27. The smallest absolute Gasteiger partial charge is 0.285 e. The molecule has 92 valence electrons. The van der Waals surface area contributed by atoms with Gasteiger partial charge < -0.3 is 4.90 Å². The minimum Gasteiger partial charge on any atom is -0.331 e. The van der Waals surface area contributed by atoms with Crippen molar-refractivity contribution in [1.82, 2.24) is 0 Å². The Morgan fingerprint density at radius 1 is 1.29 bits per heavy atom. The van der Waals surface area contributed by atoms with Crippen LogP contribution in [0.4, 0.5) is 5.69 Å². The quantitative estimate of drug-likeness (QED) is 0.829. The van der Waals surface area contributed by atoms with Crippen molar-refractivity contribution in [2.45, 2.75) is 25.2 Å². The van der Waals surface area contributed by atoms with E-state index in [1.54, 1.807) is 12.1 Å². The number of fused-ring (bicyclic) bond motifs is 1. The molecule has 1 aliphatic rings. The number of hydrogen-bond donors (Lipinski definition) is 0. The Morgan fingerprint density at radius 2 is 2.00 bits per heavy atom. The molecule has 0 fully saturated rings. The predicted molar refractivity (Wildman–Crippen MR) is 68.9 cm³/mol. The van der Waals surface area contributed by atoms with E-state index in [-0.39, 0.29) is 0 Å². The van der Waals surface area contributed by atoms with Gasteiger partial charge in [-0.1, -0.05) is 26.0 Å². The van der Waals surface area contributed by atoms with E-state index in [0.717, 1.165) is 18.7 Å². The van der Waals surface area contributed by atoms with E-state index < -0.39 is 10.0 Å². The summed E-state index contributed by atoms with van der Waals surface area (Å²) in [5, 5.41) is 0. The fourth-order valence-electron chi connectivity index (χ4n) is 1.73.